The lowest BCUT2D eigenvalue weighted by molar-refractivity contribution is -0.139. The summed E-state index contributed by atoms with van der Waals surface area (Å²) in [5.41, 5.74) is 6.35. The van der Waals surface area contributed by atoms with E-state index in [4.69, 9.17) is 4.74 Å². The Balaban J connectivity index is 1.77. The van der Waals surface area contributed by atoms with Gasteiger partial charge in [-0.15, -0.1) is 0 Å². The van der Waals surface area contributed by atoms with Crippen LogP contribution >= 0.6 is 0 Å². The Morgan fingerprint density at radius 1 is 1.28 bits per heavy atom. The summed E-state index contributed by atoms with van der Waals surface area (Å²) >= 11 is 0. The summed E-state index contributed by atoms with van der Waals surface area (Å²) in [4.78, 5) is 17.8. The van der Waals surface area contributed by atoms with Gasteiger partial charge in [-0.1, -0.05) is 43.3 Å². The number of aromatic nitrogens is 1. The van der Waals surface area contributed by atoms with Crippen molar-refractivity contribution in [1.82, 2.24) is 15.2 Å². The number of fused-ring (bicyclic) bond motifs is 3. The van der Waals surface area contributed by atoms with Gasteiger partial charge in [-0.2, -0.15) is 0 Å². The van der Waals surface area contributed by atoms with Crippen molar-refractivity contribution in [2.24, 2.45) is 0 Å². The molecule has 0 unspecified atom stereocenters. The van der Waals surface area contributed by atoms with Crippen LogP contribution in [0.25, 0.3) is 10.9 Å². The first-order valence-electron chi connectivity index (χ1n) is 11.0. The van der Waals surface area contributed by atoms with E-state index < -0.39 is 12.0 Å². The molecule has 0 amide bonds. The first-order chi connectivity index (χ1) is 15.4. The number of aromatic amines is 1. The molecular formula is C26H31N3O3. The summed E-state index contributed by atoms with van der Waals surface area (Å²) in [5, 5.41) is 14.2. The minimum atomic E-state index is -0.835. The van der Waals surface area contributed by atoms with E-state index in [0.29, 0.717) is 6.42 Å². The SMILES string of the molecule is C=C(C)CN(CC)Cc1cc([C@H]2N[C@H](C(=O)O)Cc3c2[nH]c2ccccc32)ccc1OC. The molecule has 168 valence electrons. The lowest BCUT2D eigenvalue weighted by atomic mass is 9.89. The molecule has 3 N–H and O–H groups in total. The summed E-state index contributed by atoms with van der Waals surface area (Å²) in [6.07, 6.45) is 0.455. The van der Waals surface area contributed by atoms with Crippen molar-refractivity contribution in [2.45, 2.75) is 38.9 Å². The molecule has 6 heteroatoms. The molecule has 0 spiro atoms. The monoisotopic (exact) mass is 433 g/mol. The molecule has 2 atom stereocenters. The molecule has 0 saturated heterocycles. The van der Waals surface area contributed by atoms with Gasteiger partial charge in [0.25, 0.3) is 0 Å². The standard InChI is InChI=1S/C26H31N3O3/c1-5-29(14-16(2)3)15-18-12-17(10-11-23(18)32-4)24-25-20(13-22(28-24)26(30)31)19-8-6-7-9-21(19)27-25/h6-12,22,24,27-28H,2,5,13-15H2,1,3-4H3,(H,30,31)/t22-,24+/m0/s1. The molecule has 0 radical (unpaired) electrons. The van der Waals surface area contributed by atoms with E-state index in [-0.39, 0.29) is 6.04 Å². The van der Waals surface area contributed by atoms with Crippen LogP contribution < -0.4 is 10.1 Å². The Morgan fingerprint density at radius 2 is 2.06 bits per heavy atom. The van der Waals surface area contributed by atoms with Crippen LogP contribution in [0.15, 0.2) is 54.6 Å². The summed E-state index contributed by atoms with van der Waals surface area (Å²) in [6, 6.07) is 13.3. The van der Waals surface area contributed by atoms with Gasteiger partial charge in [-0.3, -0.25) is 15.0 Å². The second-order valence-corrected chi connectivity index (χ2v) is 8.59. The fraction of sp³-hybridized carbons (Fsp3) is 0.346. The van der Waals surface area contributed by atoms with Crippen molar-refractivity contribution in [3.05, 3.63) is 77.0 Å². The summed E-state index contributed by atoms with van der Waals surface area (Å²) in [7, 11) is 1.68. The quantitative estimate of drug-likeness (QED) is 0.463. The average molecular weight is 434 g/mol. The number of methoxy groups -OCH3 is 1. The van der Waals surface area contributed by atoms with Crippen LogP contribution in [0.1, 0.15) is 42.3 Å². The van der Waals surface area contributed by atoms with E-state index in [2.05, 4.69) is 40.8 Å². The highest BCUT2D eigenvalue weighted by atomic mass is 16.5. The fourth-order valence-corrected chi connectivity index (χ4v) is 4.66. The average Bonchev–Trinajstić information content (AvgIpc) is 3.16. The smallest absolute Gasteiger partial charge is 0.321 e. The molecule has 3 aromatic rings. The van der Waals surface area contributed by atoms with Crippen molar-refractivity contribution in [3.8, 4) is 5.75 Å². The van der Waals surface area contributed by atoms with Gasteiger partial charge in [0.15, 0.2) is 0 Å². The molecule has 0 bridgehead atoms. The molecular weight excluding hydrogens is 402 g/mol. The molecule has 6 nitrogen and oxygen atoms in total. The number of carboxylic acids is 1. The third kappa shape index (κ3) is 4.29. The number of nitrogens with one attached hydrogen (secondary N) is 2. The normalized spacial score (nSPS) is 18.0. The number of carboxylic acid groups (broad SMARTS) is 1. The topological polar surface area (TPSA) is 77.6 Å². The van der Waals surface area contributed by atoms with Crippen molar-refractivity contribution in [2.75, 3.05) is 20.2 Å². The minimum absolute atomic E-state index is 0.242. The van der Waals surface area contributed by atoms with Gasteiger partial charge < -0.3 is 14.8 Å². The molecule has 2 aromatic carbocycles. The first kappa shape index (κ1) is 22.1. The third-order valence-corrected chi connectivity index (χ3v) is 6.18. The maximum atomic E-state index is 11.9. The fourth-order valence-electron chi connectivity index (χ4n) is 4.66. The van der Waals surface area contributed by atoms with E-state index >= 15 is 0 Å². The van der Waals surface area contributed by atoms with Gasteiger partial charge in [0.1, 0.15) is 11.8 Å². The second kappa shape index (κ2) is 9.18. The Kier molecular flexibility index (Phi) is 6.35. The molecule has 1 aliphatic heterocycles. The highest BCUT2D eigenvalue weighted by Gasteiger charge is 2.34. The number of aliphatic carboxylic acids is 1. The molecule has 1 aliphatic rings. The van der Waals surface area contributed by atoms with Gasteiger partial charge in [0.2, 0.25) is 0 Å². The molecule has 1 aromatic heterocycles. The van der Waals surface area contributed by atoms with E-state index in [1.54, 1.807) is 7.11 Å². The van der Waals surface area contributed by atoms with Crippen molar-refractivity contribution < 1.29 is 14.6 Å². The van der Waals surface area contributed by atoms with Crippen molar-refractivity contribution in [1.29, 1.82) is 0 Å². The highest BCUT2D eigenvalue weighted by Crippen LogP contribution is 2.36. The highest BCUT2D eigenvalue weighted by molar-refractivity contribution is 5.87. The Labute approximate surface area is 188 Å². The Hall–Kier alpha value is -3.09. The molecule has 4 rings (SSSR count). The molecule has 0 fully saturated rings. The maximum Gasteiger partial charge on any atom is 0.321 e. The second-order valence-electron chi connectivity index (χ2n) is 8.59. The van der Waals surface area contributed by atoms with E-state index in [9.17, 15) is 9.90 Å². The lowest BCUT2D eigenvalue weighted by Gasteiger charge is -2.30. The summed E-state index contributed by atoms with van der Waals surface area (Å²) in [6.45, 7) is 10.7. The van der Waals surface area contributed by atoms with Crippen molar-refractivity contribution in [3.63, 3.8) is 0 Å². The lowest BCUT2D eigenvalue weighted by Crippen LogP contribution is -2.45. The third-order valence-electron chi connectivity index (χ3n) is 6.18. The summed E-state index contributed by atoms with van der Waals surface area (Å²) < 4.78 is 5.64. The number of rotatable bonds is 8. The van der Waals surface area contributed by atoms with Crippen LogP contribution in [0, 0.1) is 0 Å². The summed E-state index contributed by atoms with van der Waals surface area (Å²) in [5.74, 6) is -0.00494. The molecule has 2 heterocycles. The van der Waals surface area contributed by atoms with Gasteiger partial charge in [-0.25, -0.2) is 0 Å². The number of hydrogen-bond acceptors (Lipinski definition) is 4. The Bertz CT molecular complexity index is 1150. The predicted molar refractivity (Wildman–Crippen MR) is 127 cm³/mol. The molecule has 0 aliphatic carbocycles. The largest absolute Gasteiger partial charge is 0.496 e. The first-order valence-corrected chi connectivity index (χ1v) is 11.0. The maximum absolute atomic E-state index is 11.9. The number of H-pyrrole nitrogens is 1. The van der Waals surface area contributed by atoms with Crippen LogP contribution in [-0.2, 0) is 17.8 Å². The van der Waals surface area contributed by atoms with Crippen LogP contribution in [0.2, 0.25) is 0 Å². The van der Waals surface area contributed by atoms with Crippen LogP contribution in [0.4, 0.5) is 0 Å². The number of likely N-dealkylation sites (N-methyl/N-ethyl adjacent to an activating group) is 1. The number of benzene rings is 2. The molecule has 32 heavy (non-hydrogen) atoms. The Morgan fingerprint density at radius 3 is 2.75 bits per heavy atom. The van der Waals surface area contributed by atoms with Crippen molar-refractivity contribution >= 4 is 16.9 Å². The zero-order valence-corrected chi connectivity index (χ0v) is 18.9. The van der Waals surface area contributed by atoms with Gasteiger partial charge in [0.05, 0.1) is 13.2 Å². The number of carbonyl (C=O) groups is 1. The number of ether oxygens (including phenoxy) is 1. The van der Waals surface area contributed by atoms with Crippen LogP contribution in [0.5, 0.6) is 5.75 Å². The number of hydrogen-bond donors (Lipinski definition) is 3. The van der Waals surface area contributed by atoms with E-state index in [1.165, 1.54) is 0 Å². The van der Waals surface area contributed by atoms with E-state index in [0.717, 1.165) is 64.2 Å². The zero-order chi connectivity index (χ0) is 22.8. The van der Waals surface area contributed by atoms with Gasteiger partial charge in [0, 0.05) is 41.7 Å². The van der Waals surface area contributed by atoms with Crippen LogP contribution in [-0.4, -0.2) is 47.2 Å². The van der Waals surface area contributed by atoms with E-state index in [1.807, 2.05) is 37.3 Å². The molecule has 0 saturated carbocycles. The van der Waals surface area contributed by atoms with Gasteiger partial charge in [-0.05, 0) is 42.8 Å². The zero-order valence-electron chi connectivity index (χ0n) is 18.9. The number of para-hydroxylation sites is 1. The van der Waals surface area contributed by atoms with Crippen LogP contribution in [0.3, 0.4) is 0 Å². The number of nitrogens with zero attached hydrogens (tertiary/aromatic N) is 1. The predicted octanol–water partition coefficient (Wildman–Crippen LogP) is 4.26. The minimum Gasteiger partial charge on any atom is -0.496 e. The van der Waals surface area contributed by atoms with Gasteiger partial charge >= 0.3 is 5.97 Å².